The van der Waals surface area contributed by atoms with Crippen LogP contribution >= 0.6 is 0 Å². The SMILES string of the molecule is Cc1cc2c(cc1C)C(C(=O)NCC(C)C(=O)O)CO2. The Morgan fingerprint density at radius 2 is 2.05 bits per heavy atom. The van der Waals surface area contributed by atoms with Gasteiger partial charge in [0, 0.05) is 12.1 Å². The van der Waals surface area contributed by atoms with E-state index in [9.17, 15) is 9.59 Å². The van der Waals surface area contributed by atoms with Crippen LogP contribution in [-0.2, 0) is 9.59 Å². The van der Waals surface area contributed by atoms with E-state index in [1.807, 2.05) is 26.0 Å². The van der Waals surface area contributed by atoms with Gasteiger partial charge in [0.2, 0.25) is 5.91 Å². The predicted octanol–water partition coefficient (Wildman–Crippen LogP) is 1.62. The summed E-state index contributed by atoms with van der Waals surface area (Å²) < 4.78 is 5.55. The van der Waals surface area contributed by atoms with Gasteiger partial charge in [0.25, 0.3) is 0 Å². The molecule has 0 saturated carbocycles. The summed E-state index contributed by atoms with van der Waals surface area (Å²) in [6.45, 7) is 6.00. The van der Waals surface area contributed by atoms with Crippen LogP contribution in [0.2, 0.25) is 0 Å². The van der Waals surface area contributed by atoms with Gasteiger partial charge in [-0.05, 0) is 31.0 Å². The van der Waals surface area contributed by atoms with Crippen LogP contribution < -0.4 is 10.1 Å². The van der Waals surface area contributed by atoms with Gasteiger partial charge in [-0.3, -0.25) is 9.59 Å². The van der Waals surface area contributed by atoms with E-state index in [1.165, 1.54) is 0 Å². The van der Waals surface area contributed by atoms with E-state index in [-0.39, 0.29) is 18.4 Å². The first-order valence-electron chi connectivity index (χ1n) is 6.64. The van der Waals surface area contributed by atoms with Crippen molar-refractivity contribution < 1.29 is 19.4 Å². The predicted molar refractivity (Wildman–Crippen MR) is 74.0 cm³/mol. The summed E-state index contributed by atoms with van der Waals surface area (Å²) >= 11 is 0. The summed E-state index contributed by atoms with van der Waals surface area (Å²) in [6.07, 6.45) is 0. The Bertz CT molecular complexity index is 553. The highest BCUT2D eigenvalue weighted by atomic mass is 16.5. The number of carboxylic acids is 1. The van der Waals surface area contributed by atoms with Crippen LogP contribution in [0.1, 0.15) is 29.5 Å². The first kappa shape index (κ1) is 14.4. The number of carboxylic acid groups (broad SMARTS) is 1. The fraction of sp³-hybridized carbons (Fsp3) is 0.467. The molecule has 2 atom stereocenters. The molecule has 1 aromatic carbocycles. The maximum atomic E-state index is 12.1. The molecule has 0 aromatic heterocycles. The quantitative estimate of drug-likeness (QED) is 0.877. The number of benzene rings is 1. The van der Waals surface area contributed by atoms with Crippen molar-refractivity contribution in [1.82, 2.24) is 5.32 Å². The highest BCUT2D eigenvalue weighted by Gasteiger charge is 2.31. The molecular formula is C15H19NO4. The van der Waals surface area contributed by atoms with E-state index in [4.69, 9.17) is 9.84 Å². The van der Waals surface area contributed by atoms with Gasteiger partial charge in [-0.25, -0.2) is 0 Å². The molecule has 0 fully saturated rings. The van der Waals surface area contributed by atoms with E-state index in [0.717, 1.165) is 22.4 Å². The molecule has 5 nitrogen and oxygen atoms in total. The molecule has 2 unspecified atom stereocenters. The monoisotopic (exact) mass is 277 g/mol. The highest BCUT2D eigenvalue weighted by molar-refractivity contribution is 5.86. The standard InChI is InChI=1S/C15H19NO4/c1-8-4-11-12(7-20-13(11)5-9(8)2)14(17)16-6-10(3)15(18)19/h4-5,10,12H,6-7H2,1-3H3,(H,16,17)(H,18,19). The van der Waals surface area contributed by atoms with E-state index in [0.29, 0.717) is 6.61 Å². The molecule has 20 heavy (non-hydrogen) atoms. The van der Waals surface area contributed by atoms with E-state index >= 15 is 0 Å². The highest BCUT2D eigenvalue weighted by Crippen LogP contribution is 2.36. The molecule has 1 amide bonds. The lowest BCUT2D eigenvalue weighted by atomic mass is 9.96. The Hall–Kier alpha value is -2.04. The summed E-state index contributed by atoms with van der Waals surface area (Å²) in [5.74, 6) is -1.30. The number of carbonyl (C=O) groups is 2. The number of aliphatic carboxylic acids is 1. The third-order valence-electron chi connectivity index (χ3n) is 3.73. The Labute approximate surface area is 117 Å². The molecule has 0 saturated heterocycles. The van der Waals surface area contributed by atoms with Gasteiger partial charge >= 0.3 is 5.97 Å². The average molecular weight is 277 g/mol. The molecule has 1 aliphatic heterocycles. The molecule has 0 aliphatic carbocycles. The number of ether oxygens (including phenoxy) is 1. The maximum Gasteiger partial charge on any atom is 0.308 e. The normalized spacial score (nSPS) is 18.1. The fourth-order valence-electron chi connectivity index (χ4n) is 2.15. The van der Waals surface area contributed by atoms with Crippen LogP contribution in [0.15, 0.2) is 12.1 Å². The van der Waals surface area contributed by atoms with Crippen LogP contribution in [-0.4, -0.2) is 30.1 Å². The molecule has 2 rings (SSSR count). The Balaban J connectivity index is 2.08. The second-order valence-electron chi connectivity index (χ2n) is 5.32. The van der Waals surface area contributed by atoms with Crippen molar-refractivity contribution in [3.63, 3.8) is 0 Å². The second kappa shape index (κ2) is 5.53. The van der Waals surface area contributed by atoms with Crippen molar-refractivity contribution in [2.45, 2.75) is 26.7 Å². The summed E-state index contributed by atoms with van der Waals surface area (Å²) in [5.41, 5.74) is 3.13. The van der Waals surface area contributed by atoms with Gasteiger partial charge in [-0.15, -0.1) is 0 Å². The maximum absolute atomic E-state index is 12.1. The zero-order valence-corrected chi connectivity index (χ0v) is 11.9. The van der Waals surface area contributed by atoms with Gasteiger partial charge in [0.05, 0.1) is 5.92 Å². The molecule has 1 aromatic rings. The molecule has 1 heterocycles. The van der Waals surface area contributed by atoms with Gasteiger partial charge in [0.1, 0.15) is 18.3 Å². The number of hydrogen-bond donors (Lipinski definition) is 2. The van der Waals surface area contributed by atoms with E-state index in [1.54, 1.807) is 6.92 Å². The summed E-state index contributed by atoms with van der Waals surface area (Å²) in [6, 6.07) is 3.92. The summed E-state index contributed by atoms with van der Waals surface area (Å²) in [4.78, 5) is 22.9. The van der Waals surface area contributed by atoms with Crippen molar-refractivity contribution in [1.29, 1.82) is 0 Å². The van der Waals surface area contributed by atoms with Crippen LogP contribution in [0.25, 0.3) is 0 Å². The Morgan fingerprint density at radius 3 is 2.70 bits per heavy atom. The summed E-state index contributed by atoms with van der Waals surface area (Å²) in [7, 11) is 0. The number of hydrogen-bond acceptors (Lipinski definition) is 3. The van der Waals surface area contributed by atoms with E-state index < -0.39 is 11.9 Å². The lowest BCUT2D eigenvalue weighted by molar-refractivity contribution is -0.141. The number of aryl methyl sites for hydroxylation is 2. The van der Waals surface area contributed by atoms with Crippen molar-refractivity contribution in [3.8, 4) is 5.75 Å². The zero-order chi connectivity index (χ0) is 14.9. The van der Waals surface area contributed by atoms with Crippen molar-refractivity contribution >= 4 is 11.9 Å². The molecule has 2 N–H and O–H groups in total. The van der Waals surface area contributed by atoms with Crippen LogP contribution in [0, 0.1) is 19.8 Å². The van der Waals surface area contributed by atoms with Gasteiger partial charge < -0.3 is 15.2 Å². The average Bonchev–Trinajstić information content (AvgIpc) is 2.78. The van der Waals surface area contributed by atoms with E-state index in [2.05, 4.69) is 5.32 Å². The lowest BCUT2D eigenvalue weighted by Gasteiger charge is -2.13. The smallest absolute Gasteiger partial charge is 0.308 e. The molecule has 0 radical (unpaired) electrons. The molecular weight excluding hydrogens is 258 g/mol. The minimum atomic E-state index is -0.917. The molecule has 0 bridgehead atoms. The van der Waals surface area contributed by atoms with Gasteiger partial charge in [-0.2, -0.15) is 0 Å². The minimum absolute atomic E-state index is 0.130. The van der Waals surface area contributed by atoms with Crippen molar-refractivity contribution in [3.05, 3.63) is 28.8 Å². The van der Waals surface area contributed by atoms with Crippen LogP contribution in [0.4, 0.5) is 0 Å². The molecule has 1 aliphatic rings. The number of fused-ring (bicyclic) bond motifs is 1. The number of carbonyl (C=O) groups excluding carboxylic acids is 1. The number of amides is 1. The fourth-order valence-corrected chi connectivity index (χ4v) is 2.15. The molecule has 5 heteroatoms. The number of nitrogens with one attached hydrogen (secondary N) is 1. The van der Waals surface area contributed by atoms with Crippen LogP contribution in [0.3, 0.4) is 0 Å². The van der Waals surface area contributed by atoms with Crippen molar-refractivity contribution in [2.24, 2.45) is 5.92 Å². The molecule has 0 spiro atoms. The van der Waals surface area contributed by atoms with Gasteiger partial charge in [-0.1, -0.05) is 13.0 Å². The third kappa shape index (κ3) is 2.76. The largest absolute Gasteiger partial charge is 0.492 e. The first-order chi connectivity index (χ1) is 9.40. The third-order valence-corrected chi connectivity index (χ3v) is 3.73. The minimum Gasteiger partial charge on any atom is -0.492 e. The Morgan fingerprint density at radius 1 is 1.40 bits per heavy atom. The number of rotatable bonds is 4. The summed E-state index contributed by atoms with van der Waals surface area (Å²) in [5, 5.41) is 11.5. The Kier molecular flexibility index (Phi) is 3.97. The van der Waals surface area contributed by atoms with Crippen molar-refractivity contribution in [2.75, 3.05) is 13.2 Å². The molecule has 108 valence electrons. The van der Waals surface area contributed by atoms with Gasteiger partial charge in [0.15, 0.2) is 0 Å². The zero-order valence-electron chi connectivity index (χ0n) is 11.9. The topological polar surface area (TPSA) is 75.6 Å². The van der Waals surface area contributed by atoms with Crippen LogP contribution in [0.5, 0.6) is 5.75 Å². The second-order valence-corrected chi connectivity index (χ2v) is 5.32. The lowest BCUT2D eigenvalue weighted by Crippen LogP contribution is -2.35. The first-order valence-corrected chi connectivity index (χ1v) is 6.64.